The van der Waals surface area contributed by atoms with Gasteiger partial charge in [-0.25, -0.2) is 4.90 Å². The summed E-state index contributed by atoms with van der Waals surface area (Å²) in [5, 5.41) is 13.2. The molecule has 0 aliphatic carbocycles. The molecule has 0 radical (unpaired) electrons. The van der Waals surface area contributed by atoms with Gasteiger partial charge in [0.1, 0.15) is 5.56 Å². The fraction of sp³-hybridized carbons (Fsp3) is 0. The summed E-state index contributed by atoms with van der Waals surface area (Å²) >= 11 is 0. The van der Waals surface area contributed by atoms with Crippen LogP contribution in [0.25, 0.3) is 0 Å². The zero-order valence-corrected chi connectivity index (χ0v) is 12.3. The summed E-state index contributed by atoms with van der Waals surface area (Å²) in [6.45, 7) is 0. The Kier molecular flexibility index (Phi) is 2.83. The van der Waals surface area contributed by atoms with Crippen LogP contribution in [0.4, 0.5) is 11.4 Å². The quantitative estimate of drug-likeness (QED) is 0.499. The number of anilines is 1. The molecule has 0 bridgehead atoms. The lowest BCUT2D eigenvalue weighted by Crippen LogP contribution is -2.29. The van der Waals surface area contributed by atoms with Crippen LogP contribution in [0.15, 0.2) is 36.4 Å². The van der Waals surface area contributed by atoms with Crippen LogP contribution in [0, 0.1) is 10.1 Å². The zero-order valence-electron chi connectivity index (χ0n) is 12.3. The molecule has 0 saturated heterocycles. The minimum atomic E-state index is -0.850. The predicted octanol–water partition coefficient (Wildman–Crippen LogP) is 1.28. The van der Waals surface area contributed by atoms with E-state index in [4.69, 9.17) is 0 Å². The van der Waals surface area contributed by atoms with E-state index >= 15 is 0 Å². The molecule has 122 valence electrons. The van der Waals surface area contributed by atoms with E-state index in [1.807, 2.05) is 0 Å². The van der Waals surface area contributed by atoms with Gasteiger partial charge in [0.05, 0.1) is 27.3 Å². The third-order valence-corrected chi connectivity index (χ3v) is 4.07. The average molecular weight is 337 g/mol. The molecular weight excluding hydrogens is 330 g/mol. The van der Waals surface area contributed by atoms with Crippen molar-refractivity contribution in [3.05, 3.63) is 68.8 Å². The van der Waals surface area contributed by atoms with Gasteiger partial charge in [-0.3, -0.25) is 34.6 Å². The van der Waals surface area contributed by atoms with Gasteiger partial charge in [-0.2, -0.15) is 0 Å². The highest BCUT2D eigenvalue weighted by atomic mass is 16.6. The second kappa shape index (κ2) is 4.81. The molecule has 4 rings (SSSR count). The van der Waals surface area contributed by atoms with Gasteiger partial charge in [-0.05, 0) is 24.3 Å². The van der Waals surface area contributed by atoms with E-state index in [1.54, 1.807) is 0 Å². The SMILES string of the molecule is O=C1NC(=O)c2cc(N3C(=O)c4cccc([N+](=O)[O-])c4C3=O)ccc21. The van der Waals surface area contributed by atoms with Crippen molar-refractivity contribution in [3.8, 4) is 0 Å². The smallest absolute Gasteiger partial charge is 0.283 e. The van der Waals surface area contributed by atoms with Crippen molar-refractivity contribution < 1.29 is 24.1 Å². The summed E-state index contributed by atoms with van der Waals surface area (Å²) in [6.07, 6.45) is 0. The van der Waals surface area contributed by atoms with Gasteiger partial charge in [0.15, 0.2) is 0 Å². The topological polar surface area (TPSA) is 127 Å². The Hall–Kier alpha value is -3.88. The normalized spacial score (nSPS) is 15.3. The minimum Gasteiger partial charge on any atom is -0.288 e. The second-order valence-corrected chi connectivity index (χ2v) is 5.42. The molecule has 0 saturated carbocycles. The van der Waals surface area contributed by atoms with Crippen LogP contribution in [0.3, 0.4) is 0 Å². The summed E-state index contributed by atoms with van der Waals surface area (Å²) in [7, 11) is 0. The van der Waals surface area contributed by atoms with Crippen LogP contribution in [0.5, 0.6) is 0 Å². The third-order valence-electron chi connectivity index (χ3n) is 4.07. The molecule has 4 amide bonds. The summed E-state index contributed by atoms with van der Waals surface area (Å²) in [4.78, 5) is 59.6. The van der Waals surface area contributed by atoms with E-state index in [9.17, 15) is 29.3 Å². The number of nitro groups is 1. The number of nitrogens with zero attached hydrogens (tertiary/aromatic N) is 2. The summed E-state index contributed by atoms with van der Waals surface area (Å²) in [6, 6.07) is 7.69. The van der Waals surface area contributed by atoms with Crippen molar-refractivity contribution in [2.45, 2.75) is 0 Å². The molecule has 2 heterocycles. The Morgan fingerprint density at radius 2 is 1.60 bits per heavy atom. The molecule has 0 fully saturated rings. The molecule has 2 aliphatic rings. The first-order valence-corrected chi connectivity index (χ1v) is 7.06. The highest BCUT2D eigenvalue weighted by Crippen LogP contribution is 2.34. The van der Waals surface area contributed by atoms with E-state index < -0.39 is 34.2 Å². The fourth-order valence-corrected chi connectivity index (χ4v) is 2.95. The predicted molar refractivity (Wildman–Crippen MR) is 82.5 cm³/mol. The van der Waals surface area contributed by atoms with Gasteiger partial charge >= 0.3 is 0 Å². The number of nitro benzene ring substituents is 1. The highest BCUT2D eigenvalue weighted by molar-refractivity contribution is 6.36. The van der Waals surface area contributed by atoms with Crippen molar-refractivity contribution >= 4 is 35.0 Å². The lowest BCUT2D eigenvalue weighted by Gasteiger charge is -2.14. The fourth-order valence-electron chi connectivity index (χ4n) is 2.95. The molecule has 2 aromatic carbocycles. The number of rotatable bonds is 2. The van der Waals surface area contributed by atoms with Gasteiger partial charge in [0.2, 0.25) is 0 Å². The maximum absolute atomic E-state index is 12.6. The molecule has 1 N–H and O–H groups in total. The number of nitrogens with one attached hydrogen (secondary N) is 1. The van der Waals surface area contributed by atoms with Gasteiger partial charge in [0.25, 0.3) is 29.3 Å². The van der Waals surface area contributed by atoms with Crippen molar-refractivity contribution in [2.24, 2.45) is 0 Å². The second-order valence-electron chi connectivity index (χ2n) is 5.42. The van der Waals surface area contributed by atoms with Crippen LogP contribution in [-0.2, 0) is 0 Å². The molecule has 0 unspecified atom stereocenters. The molecule has 2 aromatic rings. The van der Waals surface area contributed by atoms with Crippen LogP contribution in [-0.4, -0.2) is 28.6 Å². The summed E-state index contributed by atoms with van der Waals surface area (Å²) in [5.41, 5.74) is -0.611. The number of carbonyl (C=O) groups excluding carboxylic acids is 4. The van der Waals surface area contributed by atoms with E-state index in [1.165, 1.54) is 30.3 Å². The Balaban J connectivity index is 1.85. The number of benzene rings is 2. The third kappa shape index (κ3) is 1.89. The zero-order chi connectivity index (χ0) is 17.9. The van der Waals surface area contributed by atoms with E-state index in [0.717, 1.165) is 11.0 Å². The number of fused-ring (bicyclic) bond motifs is 2. The van der Waals surface area contributed by atoms with Crippen molar-refractivity contribution in [1.29, 1.82) is 0 Å². The monoisotopic (exact) mass is 337 g/mol. The van der Waals surface area contributed by atoms with E-state index in [0.29, 0.717) is 0 Å². The van der Waals surface area contributed by atoms with Gasteiger partial charge in [-0.15, -0.1) is 0 Å². The van der Waals surface area contributed by atoms with E-state index in [-0.39, 0.29) is 27.9 Å². The van der Waals surface area contributed by atoms with Crippen LogP contribution >= 0.6 is 0 Å². The van der Waals surface area contributed by atoms with Crippen molar-refractivity contribution in [3.63, 3.8) is 0 Å². The average Bonchev–Trinajstić information content (AvgIpc) is 3.01. The molecule has 0 spiro atoms. The maximum atomic E-state index is 12.6. The number of amides is 4. The molecule has 9 heteroatoms. The highest BCUT2D eigenvalue weighted by Gasteiger charge is 2.42. The lowest BCUT2D eigenvalue weighted by molar-refractivity contribution is -0.385. The van der Waals surface area contributed by atoms with Crippen molar-refractivity contribution in [1.82, 2.24) is 5.32 Å². The Morgan fingerprint density at radius 3 is 2.32 bits per heavy atom. The summed E-state index contributed by atoms with van der Waals surface area (Å²) in [5.74, 6) is -2.78. The molecule has 0 aromatic heterocycles. The van der Waals surface area contributed by atoms with Crippen LogP contribution < -0.4 is 10.2 Å². The van der Waals surface area contributed by atoms with Gasteiger partial charge in [-0.1, -0.05) is 6.07 Å². The Morgan fingerprint density at radius 1 is 0.880 bits per heavy atom. The van der Waals surface area contributed by atoms with E-state index in [2.05, 4.69) is 5.32 Å². The first kappa shape index (κ1) is 14.7. The number of imide groups is 2. The number of carbonyl (C=O) groups is 4. The number of hydrogen-bond acceptors (Lipinski definition) is 6. The number of hydrogen-bond donors (Lipinski definition) is 1. The molecule has 25 heavy (non-hydrogen) atoms. The standard InChI is InChI=1S/C16H7N3O6/c20-13-8-5-4-7(6-10(8)14(21)17-13)18-15(22)9-2-1-3-11(19(24)25)12(9)16(18)23/h1-6H,(H,17,20,21). The molecule has 9 nitrogen and oxygen atoms in total. The summed E-state index contributed by atoms with van der Waals surface area (Å²) < 4.78 is 0. The molecule has 2 aliphatic heterocycles. The molecular formula is C16H7N3O6. The maximum Gasteiger partial charge on any atom is 0.283 e. The Labute approximate surface area is 139 Å². The van der Waals surface area contributed by atoms with Gasteiger partial charge < -0.3 is 0 Å². The lowest BCUT2D eigenvalue weighted by atomic mass is 10.1. The molecule has 0 atom stereocenters. The first-order valence-electron chi connectivity index (χ1n) is 7.06. The minimum absolute atomic E-state index is 0.0357. The van der Waals surface area contributed by atoms with Crippen LogP contribution in [0.2, 0.25) is 0 Å². The van der Waals surface area contributed by atoms with Crippen molar-refractivity contribution in [2.75, 3.05) is 4.90 Å². The van der Waals surface area contributed by atoms with Gasteiger partial charge in [0, 0.05) is 6.07 Å². The Bertz CT molecular complexity index is 1040. The van der Waals surface area contributed by atoms with Crippen LogP contribution in [0.1, 0.15) is 41.4 Å². The largest absolute Gasteiger partial charge is 0.288 e. The first-order chi connectivity index (χ1) is 11.9.